The second-order valence-electron chi connectivity index (χ2n) is 6.73. The summed E-state index contributed by atoms with van der Waals surface area (Å²) in [5, 5.41) is 3.23. The van der Waals surface area contributed by atoms with Crippen molar-refractivity contribution in [1.82, 2.24) is 14.9 Å². The van der Waals surface area contributed by atoms with Gasteiger partial charge in [-0.1, -0.05) is 0 Å². The van der Waals surface area contributed by atoms with Gasteiger partial charge in [-0.05, 0) is 53.0 Å². The Morgan fingerprint density at radius 3 is 2.91 bits per heavy atom. The van der Waals surface area contributed by atoms with Crippen LogP contribution in [0.15, 0.2) is 12.3 Å². The normalized spacial score (nSPS) is 18.9. The van der Waals surface area contributed by atoms with E-state index in [1.807, 2.05) is 38.7 Å². The first-order valence-corrected chi connectivity index (χ1v) is 7.88. The van der Waals surface area contributed by atoms with E-state index in [-0.39, 0.29) is 12.1 Å². The molecule has 0 bridgehead atoms. The van der Waals surface area contributed by atoms with Crippen LogP contribution in [0.1, 0.15) is 45.7 Å². The second kappa shape index (κ2) is 6.94. The molecule has 1 aliphatic rings. The number of nitrogens with zero attached hydrogens (tertiary/aromatic N) is 3. The molecule has 0 radical (unpaired) electrons. The predicted molar refractivity (Wildman–Crippen MR) is 85.8 cm³/mol. The summed E-state index contributed by atoms with van der Waals surface area (Å²) >= 11 is 0. The Morgan fingerprint density at radius 1 is 1.45 bits per heavy atom. The summed E-state index contributed by atoms with van der Waals surface area (Å²) in [7, 11) is 0. The zero-order chi connectivity index (χ0) is 16.2. The number of likely N-dealkylation sites (tertiary alicyclic amines) is 1. The standard InChI is InChI=1S/C16H26N4O2/c1-12-8-9-17-14(19-12)18-11-13-7-5-6-10-20(13)15(21)22-16(2,3)4/h8-9,13H,5-7,10-11H2,1-4H3,(H,17,18,19). The van der Waals surface area contributed by atoms with E-state index in [2.05, 4.69) is 15.3 Å². The molecule has 1 N–H and O–H groups in total. The van der Waals surface area contributed by atoms with Gasteiger partial charge in [0.15, 0.2) is 0 Å². The van der Waals surface area contributed by atoms with Gasteiger partial charge in [-0.25, -0.2) is 14.8 Å². The van der Waals surface area contributed by atoms with Crippen molar-refractivity contribution in [3.8, 4) is 0 Å². The van der Waals surface area contributed by atoms with E-state index in [1.54, 1.807) is 6.20 Å². The van der Waals surface area contributed by atoms with E-state index in [9.17, 15) is 4.79 Å². The summed E-state index contributed by atoms with van der Waals surface area (Å²) in [4.78, 5) is 22.7. The quantitative estimate of drug-likeness (QED) is 0.930. The van der Waals surface area contributed by atoms with Crippen LogP contribution < -0.4 is 5.32 Å². The van der Waals surface area contributed by atoms with Gasteiger partial charge >= 0.3 is 6.09 Å². The maximum absolute atomic E-state index is 12.3. The van der Waals surface area contributed by atoms with Gasteiger partial charge in [-0.2, -0.15) is 0 Å². The van der Waals surface area contributed by atoms with Gasteiger partial charge in [0.05, 0.1) is 6.04 Å². The van der Waals surface area contributed by atoms with Crippen LogP contribution in [0.3, 0.4) is 0 Å². The van der Waals surface area contributed by atoms with E-state index < -0.39 is 5.60 Å². The van der Waals surface area contributed by atoms with Gasteiger partial charge in [0.1, 0.15) is 5.60 Å². The molecule has 22 heavy (non-hydrogen) atoms. The maximum Gasteiger partial charge on any atom is 0.410 e. The molecule has 1 saturated heterocycles. The van der Waals surface area contributed by atoms with E-state index in [0.717, 1.165) is 31.5 Å². The van der Waals surface area contributed by atoms with Crippen LogP contribution in [0.2, 0.25) is 0 Å². The fraction of sp³-hybridized carbons (Fsp3) is 0.688. The first kappa shape index (κ1) is 16.5. The van der Waals surface area contributed by atoms with E-state index in [4.69, 9.17) is 4.74 Å². The third-order valence-electron chi connectivity index (χ3n) is 3.55. The molecular weight excluding hydrogens is 280 g/mol. The van der Waals surface area contributed by atoms with Crippen LogP contribution in [-0.4, -0.2) is 45.7 Å². The van der Waals surface area contributed by atoms with E-state index in [0.29, 0.717) is 12.5 Å². The predicted octanol–water partition coefficient (Wildman–Crippen LogP) is 2.99. The number of piperidine rings is 1. The average molecular weight is 306 g/mol. The summed E-state index contributed by atoms with van der Waals surface area (Å²) in [5.41, 5.74) is 0.455. The van der Waals surface area contributed by atoms with Gasteiger partial charge < -0.3 is 15.0 Å². The molecule has 6 heteroatoms. The van der Waals surface area contributed by atoms with Crippen molar-refractivity contribution < 1.29 is 9.53 Å². The highest BCUT2D eigenvalue weighted by Crippen LogP contribution is 2.20. The number of amides is 1. The number of carbonyl (C=O) groups excluding carboxylic acids is 1. The number of hydrogen-bond acceptors (Lipinski definition) is 5. The molecule has 1 aliphatic heterocycles. The maximum atomic E-state index is 12.3. The highest BCUT2D eigenvalue weighted by molar-refractivity contribution is 5.68. The summed E-state index contributed by atoms with van der Waals surface area (Å²) in [6, 6.07) is 1.98. The van der Waals surface area contributed by atoms with Gasteiger partial charge in [-0.15, -0.1) is 0 Å². The van der Waals surface area contributed by atoms with Crippen molar-refractivity contribution in [3.63, 3.8) is 0 Å². The summed E-state index contributed by atoms with van der Waals surface area (Å²) < 4.78 is 5.51. The molecule has 1 aromatic rings. The number of nitrogens with one attached hydrogen (secondary N) is 1. The molecule has 0 aliphatic carbocycles. The van der Waals surface area contributed by atoms with Crippen molar-refractivity contribution in [3.05, 3.63) is 18.0 Å². The molecule has 1 amide bonds. The van der Waals surface area contributed by atoms with Crippen molar-refractivity contribution in [2.45, 2.75) is 58.6 Å². The fourth-order valence-corrected chi connectivity index (χ4v) is 2.52. The number of aryl methyl sites for hydroxylation is 1. The minimum Gasteiger partial charge on any atom is -0.444 e. The fourth-order valence-electron chi connectivity index (χ4n) is 2.52. The number of hydrogen-bond donors (Lipinski definition) is 1. The number of aromatic nitrogens is 2. The highest BCUT2D eigenvalue weighted by Gasteiger charge is 2.30. The van der Waals surface area contributed by atoms with Gasteiger partial charge in [0.25, 0.3) is 0 Å². The molecule has 2 rings (SSSR count). The number of carbonyl (C=O) groups is 1. The lowest BCUT2D eigenvalue weighted by Crippen LogP contribution is -2.49. The molecule has 1 fully saturated rings. The summed E-state index contributed by atoms with van der Waals surface area (Å²) in [6.45, 7) is 8.99. The number of ether oxygens (including phenoxy) is 1. The van der Waals surface area contributed by atoms with Crippen molar-refractivity contribution in [2.75, 3.05) is 18.4 Å². The van der Waals surface area contributed by atoms with Crippen molar-refractivity contribution in [1.29, 1.82) is 0 Å². The van der Waals surface area contributed by atoms with Crippen LogP contribution >= 0.6 is 0 Å². The molecule has 1 unspecified atom stereocenters. The number of rotatable bonds is 3. The Kier molecular flexibility index (Phi) is 5.21. The Balaban J connectivity index is 1.96. The Morgan fingerprint density at radius 2 is 2.23 bits per heavy atom. The molecule has 1 atom stereocenters. The van der Waals surface area contributed by atoms with E-state index >= 15 is 0 Å². The lowest BCUT2D eigenvalue weighted by atomic mass is 10.0. The first-order chi connectivity index (χ1) is 10.3. The lowest BCUT2D eigenvalue weighted by Gasteiger charge is -2.36. The lowest BCUT2D eigenvalue weighted by molar-refractivity contribution is 0.0114. The first-order valence-electron chi connectivity index (χ1n) is 7.88. The third kappa shape index (κ3) is 4.86. The Hall–Kier alpha value is -1.85. The molecule has 122 valence electrons. The minimum absolute atomic E-state index is 0.118. The SMILES string of the molecule is Cc1ccnc(NCC2CCCCN2C(=O)OC(C)(C)C)n1. The van der Waals surface area contributed by atoms with Crippen molar-refractivity contribution in [2.24, 2.45) is 0 Å². The smallest absolute Gasteiger partial charge is 0.410 e. The monoisotopic (exact) mass is 306 g/mol. The molecule has 6 nitrogen and oxygen atoms in total. The van der Waals surface area contributed by atoms with Gasteiger partial charge in [0.2, 0.25) is 5.95 Å². The summed E-state index contributed by atoms with van der Waals surface area (Å²) in [5.74, 6) is 0.606. The van der Waals surface area contributed by atoms with Gasteiger partial charge in [-0.3, -0.25) is 0 Å². The van der Waals surface area contributed by atoms with E-state index in [1.165, 1.54) is 0 Å². The molecule has 0 saturated carbocycles. The van der Waals surface area contributed by atoms with Crippen molar-refractivity contribution >= 4 is 12.0 Å². The van der Waals surface area contributed by atoms with Crippen LogP contribution in [-0.2, 0) is 4.74 Å². The van der Waals surface area contributed by atoms with Crippen LogP contribution in [0.5, 0.6) is 0 Å². The van der Waals surface area contributed by atoms with Crippen LogP contribution in [0.4, 0.5) is 10.7 Å². The van der Waals surface area contributed by atoms with Crippen LogP contribution in [0, 0.1) is 6.92 Å². The summed E-state index contributed by atoms with van der Waals surface area (Å²) in [6.07, 6.45) is 4.62. The average Bonchev–Trinajstić information content (AvgIpc) is 2.44. The molecule has 1 aromatic heterocycles. The Labute approximate surface area is 132 Å². The highest BCUT2D eigenvalue weighted by atomic mass is 16.6. The molecule has 0 aromatic carbocycles. The molecule has 0 spiro atoms. The van der Waals surface area contributed by atoms with Gasteiger partial charge in [0, 0.05) is 25.0 Å². The number of anilines is 1. The van der Waals surface area contributed by atoms with Crippen LogP contribution in [0.25, 0.3) is 0 Å². The molecule has 2 heterocycles. The Bertz CT molecular complexity index is 513. The zero-order valence-corrected chi connectivity index (χ0v) is 13.9. The topological polar surface area (TPSA) is 67.4 Å². The minimum atomic E-state index is -0.466. The zero-order valence-electron chi connectivity index (χ0n) is 13.9. The third-order valence-corrected chi connectivity index (χ3v) is 3.55. The largest absolute Gasteiger partial charge is 0.444 e. The molecular formula is C16H26N4O2. The second-order valence-corrected chi connectivity index (χ2v) is 6.73.